The Labute approximate surface area is 201 Å². The summed E-state index contributed by atoms with van der Waals surface area (Å²) in [5.41, 5.74) is 11.9. The van der Waals surface area contributed by atoms with Crippen LogP contribution in [0, 0.1) is 5.92 Å². The third-order valence-electron chi connectivity index (χ3n) is 5.48. The van der Waals surface area contributed by atoms with Gasteiger partial charge in [-0.1, -0.05) is 50.2 Å². The molecule has 0 radical (unpaired) electrons. The largest absolute Gasteiger partial charge is 0.489 e. The summed E-state index contributed by atoms with van der Waals surface area (Å²) in [5, 5.41) is 8.07. The lowest BCUT2D eigenvalue weighted by atomic mass is 9.98. The van der Waals surface area contributed by atoms with Crippen LogP contribution in [0.25, 0.3) is 22.1 Å². The minimum atomic E-state index is 0.340. The lowest BCUT2D eigenvalue weighted by Gasteiger charge is -2.12. The minimum absolute atomic E-state index is 0.340. The van der Waals surface area contributed by atoms with E-state index in [4.69, 9.17) is 20.0 Å². The Morgan fingerprint density at radius 2 is 1.79 bits per heavy atom. The van der Waals surface area contributed by atoms with E-state index < -0.39 is 0 Å². The van der Waals surface area contributed by atoms with Crippen molar-refractivity contribution in [2.75, 3.05) is 7.11 Å². The molecule has 0 atom stereocenters. The van der Waals surface area contributed by atoms with Crippen LogP contribution in [0.1, 0.15) is 36.3 Å². The lowest BCUT2D eigenvalue weighted by molar-refractivity contribution is -0.107. The maximum Gasteiger partial charge on any atom is 0.142 e. The van der Waals surface area contributed by atoms with E-state index in [2.05, 4.69) is 44.2 Å². The number of carbonyl (C=O) groups excluding carboxylic acids is 1. The zero-order chi connectivity index (χ0) is 24.5. The molecule has 0 spiro atoms. The maximum absolute atomic E-state index is 11.0. The Morgan fingerprint density at radius 1 is 1.00 bits per heavy atom. The fourth-order valence-electron chi connectivity index (χ4n) is 4.00. The summed E-state index contributed by atoms with van der Waals surface area (Å²) in [7, 11) is 1.00. The third-order valence-corrected chi connectivity index (χ3v) is 5.48. The van der Waals surface area contributed by atoms with Crippen LogP contribution in [-0.4, -0.2) is 18.5 Å². The van der Waals surface area contributed by atoms with E-state index in [9.17, 15) is 4.79 Å². The predicted molar refractivity (Wildman–Crippen MR) is 137 cm³/mol. The maximum atomic E-state index is 11.0. The third kappa shape index (κ3) is 6.13. The van der Waals surface area contributed by atoms with Gasteiger partial charge < -0.3 is 24.8 Å². The highest BCUT2D eigenvalue weighted by Gasteiger charge is 2.14. The van der Waals surface area contributed by atoms with Gasteiger partial charge >= 0.3 is 0 Å². The number of rotatable bonds is 9. The standard InChI is InChI=1S/C28H29NO3.CH4O/c1-19(2)12-25-16-24-14-21(18-31-27-9-4-3-7-22(27)10-11-30)15-26(28(24)32-25)23-8-5-6-20(13-23)17-29;1-2/h3-9,11,13-16,19H,10,12,17-18,29H2,1-2H3;2H,1H3. The zero-order valence-corrected chi connectivity index (χ0v) is 20.1. The normalized spacial score (nSPS) is 10.8. The summed E-state index contributed by atoms with van der Waals surface area (Å²) >= 11 is 0. The number of hydrogen-bond acceptors (Lipinski definition) is 5. The topological polar surface area (TPSA) is 85.7 Å². The van der Waals surface area contributed by atoms with Crippen molar-refractivity contribution in [1.29, 1.82) is 0 Å². The zero-order valence-electron chi connectivity index (χ0n) is 20.1. The molecule has 0 aliphatic heterocycles. The van der Waals surface area contributed by atoms with E-state index >= 15 is 0 Å². The molecule has 0 saturated carbocycles. The molecule has 1 aromatic heterocycles. The van der Waals surface area contributed by atoms with Gasteiger partial charge in [0.25, 0.3) is 0 Å². The Morgan fingerprint density at radius 3 is 2.53 bits per heavy atom. The van der Waals surface area contributed by atoms with E-state index in [1.54, 1.807) is 0 Å². The molecule has 3 N–H and O–H groups in total. The number of nitrogens with two attached hydrogens (primary N) is 1. The molecule has 34 heavy (non-hydrogen) atoms. The van der Waals surface area contributed by atoms with Crippen molar-refractivity contribution in [2.24, 2.45) is 11.7 Å². The molecule has 5 nitrogen and oxygen atoms in total. The Bertz CT molecular complexity index is 1230. The molecule has 4 aromatic rings. The number of ether oxygens (including phenoxy) is 1. The number of carbonyl (C=O) groups is 1. The van der Waals surface area contributed by atoms with Crippen LogP contribution in [0.2, 0.25) is 0 Å². The Balaban J connectivity index is 0.00000158. The summed E-state index contributed by atoms with van der Waals surface area (Å²) in [6, 6.07) is 22.3. The Kier molecular flexibility index (Phi) is 9.02. The monoisotopic (exact) mass is 459 g/mol. The average Bonchev–Trinajstić information content (AvgIpc) is 3.26. The van der Waals surface area contributed by atoms with Crippen molar-refractivity contribution in [3.63, 3.8) is 0 Å². The highest BCUT2D eigenvalue weighted by Crippen LogP contribution is 2.34. The van der Waals surface area contributed by atoms with E-state index in [-0.39, 0.29) is 0 Å². The summed E-state index contributed by atoms with van der Waals surface area (Å²) < 4.78 is 12.4. The van der Waals surface area contributed by atoms with Gasteiger partial charge in [0.15, 0.2) is 0 Å². The summed E-state index contributed by atoms with van der Waals surface area (Å²) in [4.78, 5) is 11.0. The molecule has 178 valence electrons. The SMILES string of the molecule is CC(C)Cc1cc2cc(COc3ccccc3CC=O)cc(-c3cccc(CN)c3)c2o1.CO. The summed E-state index contributed by atoms with van der Waals surface area (Å²) in [6.45, 7) is 5.27. The molecule has 0 amide bonds. The number of furan rings is 1. The van der Waals surface area contributed by atoms with Crippen LogP contribution in [0.4, 0.5) is 0 Å². The van der Waals surface area contributed by atoms with Crippen molar-refractivity contribution < 1.29 is 19.1 Å². The molecule has 0 saturated heterocycles. The van der Waals surface area contributed by atoms with E-state index in [1.807, 2.05) is 36.4 Å². The molecular formula is C29H33NO4. The quantitative estimate of drug-likeness (QED) is 0.314. The van der Waals surface area contributed by atoms with Gasteiger partial charge in [-0.05, 0) is 52.9 Å². The fourth-order valence-corrected chi connectivity index (χ4v) is 4.00. The van der Waals surface area contributed by atoms with Crippen LogP contribution in [-0.2, 0) is 30.8 Å². The Hall–Kier alpha value is -3.41. The molecule has 1 heterocycles. The van der Waals surface area contributed by atoms with Crippen LogP contribution in [0.3, 0.4) is 0 Å². The highest BCUT2D eigenvalue weighted by molar-refractivity contribution is 5.93. The lowest BCUT2D eigenvalue weighted by Crippen LogP contribution is -2.00. The smallest absolute Gasteiger partial charge is 0.142 e. The second-order valence-corrected chi connectivity index (χ2v) is 8.54. The number of hydrogen-bond donors (Lipinski definition) is 2. The number of aldehydes is 1. The number of para-hydroxylation sites is 1. The number of fused-ring (bicyclic) bond motifs is 1. The first kappa shape index (κ1) is 25.2. The van der Waals surface area contributed by atoms with Crippen molar-refractivity contribution >= 4 is 17.3 Å². The van der Waals surface area contributed by atoms with Crippen LogP contribution in [0.15, 0.2) is 71.1 Å². The molecule has 4 rings (SSSR count). The molecule has 5 heteroatoms. The molecule has 3 aromatic carbocycles. The van der Waals surface area contributed by atoms with Gasteiger partial charge in [0.1, 0.15) is 30.0 Å². The van der Waals surface area contributed by atoms with Crippen LogP contribution >= 0.6 is 0 Å². The molecule has 0 aliphatic rings. The van der Waals surface area contributed by atoms with Gasteiger partial charge in [-0.15, -0.1) is 0 Å². The molecule has 0 fully saturated rings. The second kappa shape index (κ2) is 12.2. The summed E-state index contributed by atoms with van der Waals surface area (Å²) in [5.74, 6) is 2.23. The van der Waals surface area contributed by atoms with Gasteiger partial charge in [0.2, 0.25) is 0 Å². The van der Waals surface area contributed by atoms with Crippen LogP contribution < -0.4 is 10.5 Å². The summed E-state index contributed by atoms with van der Waals surface area (Å²) in [6.07, 6.45) is 2.13. The highest BCUT2D eigenvalue weighted by atomic mass is 16.5. The first-order valence-electron chi connectivity index (χ1n) is 11.5. The van der Waals surface area contributed by atoms with Crippen molar-refractivity contribution in [3.8, 4) is 16.9 Å². The molecule has 0 bridgehead atoms. The molecule has 0 aliphatic carbocycles. The van der Waals surface area contributed by atoms with Crippen molar-refractivity contribution in [1.82, 2.24) is 0 Å². The van der Waals surface area contributed by atoms with Gasteiger partial charge in [-0.25, -0.2) is 0 Å². The second-order valence-electron chi connectivity index (χ2n) is 8.54. The molecular weight excluding hydrogens is 426 g/mol. The van der Waals surface area contributed by atoms with E-state index in [0.29, 0.717) is 25.5 Å². The number of benzene rings is 3. The first-order valence-corrected chi connectivity index (χ1v) is 11.5. The fraction of sp³-hybridized carbons (Fsp3) is 0.276. The number of aliphatic hydroxyl groups excluding tert-OH is 1. The first-order chi connectivity index (χ1) is 16.6. The van der Waals surface area contributed by atoms with Gasteiger partial charge in [-0.2, -0.15) is 0 Å². The average molecular weight is 460 g/mol. The number of aliphatic hydroxyl groups is 1. The van der Waals surface area contributed by atoms with Gasteiger partial charge in [0, 0.05) is 43.0 Å². The van der Waals surface area contributed by atoms with Gasteiger partial charge in [0.05, 0.1) is 0 Å². The minimum Gasteiger partial charge on any atom is -0.489 e. The van der Waals surface area contributed by atoms with Crippen molar-refractivity contribution in [3.05, 3.63) is 89.2 Å². The van der Waals surface area contributed by atoms with Crippen LogP contribution in [0.5, 0.6) is 5.75 Å². The van der Waals surface area contributed by atoms with Gasteiger partial charge in [-0.3, -0.25) is 0 Å². The van der Waals surface area contributed by atoms with E-state index in [1.165, 1.54) is 0 Å². The molecule has 0 unspecified atom stereocenters. The predicted octanol–water partition coefficient (Wildman–Crippen LogP) is 5.69. The van der Waals surface area contributed by atoms with Crippen molar-refractivity contribution in [2.45, 2.75) is 39.8 Å². The van der Waals surface area contributed by atoms with E-state index in [0.717, 1.165) is 70.1 Å².